The van der Waals surface area contributed by atoms with Crippen molar-refractivity contribution in [2.24, 2.45) is 7.05 Å². The molecule has 2 aliphatic rings. The Bertz CT molecular complexity index is 896. The molecule has 2 aromatic rings. The molecule has 27 heavy (non-hydrogen) atoms. The molecule has 2 aliphatic heterocycles. The van der Waals surface area contributed by atoms with Crippen LogP contribution in [0, 0.1) is 0 Å². The lowest BCUT2D eigenvalue weighted by atomic mass is 10.1. The van der Waals surface area contributed by atoms with Crippen LogP contribution in [0.3, 0.4) is 0 Å². The highest BCUT2D eigenvalue weighted by atomic mass is 16.2. The number of amides is 2. The van der Waals surface area contributed by atoms with Gasteiger partial charge in [0.25, 0.3) is 5.91 Å². The molecule has 2 amide bonds. The molecule has 0 unspecified atom stereocenters. The molecule has 0 spiro atoms. The number of anilines is 3. The van der Waals surface area contributed by atoms with Gasteiger partial charge in [0.2, 0.25) is 5.91 Å². The maximum Gasteiger partial charge on any atom is 0.276 e. The Kier molecular flexibility index (Phi) is 4.47. The number of likely N-dealkylation sites (tertiary alicyclic amines) is 1. The van der Waals surface area contributed by atoms with Gasteiger partial charge in [-0.15, -0.1) is 0 Å². The molecule has 0 radical (unpaired) electrons. The molecule has 0 aliphatic carbocycles. The largest absolute Gasteiger partial charge is 0.319 e. The van der Waals surface area contributed by atoms with E-state index in [9.17, 15) is 9.59 Å². The highest BCUT2D eigenvalue weighted by Crippen LogP contribution is 2.41. The molecule has 142 valence electrons. The van der Waals surface area contributed by atoms with E-state index in [4.69, 9.17) is 0 Å². The van der Waals surface area contributed by atoms with E-state index in [1.54, 1.807) is 16.6 Å². The highest BCUT2D eigenvalue weighted by Gasteiger charge is 2.36. The molecule has 1 aromatic heterocycles. The minimum atomic E-state index is -0.240. The predicted octanol–water partition coefficient (Wildman–Crippen LogP) is 2.87. The van der Waals surface area contributed by atoms with Gasteiger partial charge in [0.1, 0.15) is 5.69 Å². The fourth-order valence-electron chi connectivity index (χ4n) is 3.94. The van der Waals surface area contributed by atoms with Crippen LogP contribution < -0.4 is 10.2 Å². The number of carbonyl (C=O) groups excluding carboxylic acids is 2. The fraction of sp³-hybridized carbons (Fsp3) is 0.450. The second-order valence-corrected chi connectivity index (χ2v) is 7.54. The van der Waals surface area contributed by atoms with Crippen LogP contribution >= 0.6 is 0 Å². The van der Waals surface area contributed by atoms with Crippen molar-refractivity contribution in [3.63, 3.8) is 0 Å². The number of nitrogens with zero attached hydrogens (tertiary/aromatic N) is 4. The molecule has 7 nitrogen and oxygen atoms in total. The van der Waals surface area contributed by atoms with Crippen molar-refractivity contribution >= 4 is 28.9 Å². The maximum absolute atomic E-state index is 13.4. The van der Waals surface area contributed by atoms with Gasteiger partial charge in [0.15, 0.2) is 5.69 Å². The summed E-state index contributed by atoms with van der Waals surface area (Å²) in [4.78, 5) is 30.2. The zero-order valence-electron chi connectivity index (χ0n) is 16.0. The number of para-hydroxylation sites is 2. The van der Waals surface area contributed by atoms with E-state index in [1.165, 1.54) is 0 Å². The van der Waals surface area contributed by atoms with Gasteiger partial charge in [0, 0.05) is 7.05 Å². The van der Waals surface area contributed by atoms with Crippen molar-refractivity contribution in [1.29, 1.82) is 0 Å². The molecular formula is C20H25N5O2. The topological polar surface area (TPSA) is 70.5 Å². The summed E-state index contributed by atoms with van der Waals surface area (Å²) in [7, 11) is 1.75. The Balaban J connectivity index is 1.88. The smallest absolute Gasteiger partial charge is 0.276 e. The standard InChI is InChI=1S/C20H25N5O2/c1-13(2)17-18-19(23(3)22-17)20(27)21-14-8-4-5-9-15(14)25(18)16(26)12-24-10-6-7-11-24/h4-5,8-9,13H,6-7,10-12H2,1-3H3,(H,21,27). The number of hydrogen-bond acceptors (Lipinski definition) is 4. The average molecular weight is 367 g/mol. The van der Waals surface area contributed by atoms with E-state index >= 15 is 0 Å². The van der Waals surface area contributed by atoms with Crippen molar-refractivity contribution in [2.75, 3.05) is 29.9 Å². The Hall–Kier alpha value is -2.67. The molecule has 3 heterocycles. The number of hydrogen-bond donors (Lipinski definition) is 1. The Morgan fingerprint density at radius 2 is 1.93 bits per heavy atom. The zero-order valence-corrected chi connectivity index (χ0v) is 16.0. The summed E-state index contributed by atoms with van der Waals surface area (Å²) in [5, 5.41) is 7.51. The summed E-state index contributed by atoms with van der Waals surface area (Å²) in [6, 6.07) is 7.46. The van der Waals surface area contributed by atoms with Crippen molar-refractivity contribution in [1.82, 2.24) is 14.7 Å². The summed E-state index contributed by atoms with van der Waals surface area (Å²) in [5.74, 6) is -0.187. The molecule has 0 atom stereocenters. The fourth-order valence-corrected chi connectivity index (χ4v) is 3.94. The summed E-state index contributed by atoms with van der Waals surface area (Å²) < 4.78 is 1.59. The number of fused-ring (bicyclic) bond motifs is 2. The van der Waals surface area contributed by atoms with Gasteiger partial charge in [0.05, 0.1) is 23.6 Å². The van der Waals surface area contributed by atoms with Crippen LogP contribution in [0.4, 0.5) is 17.1 Å². The summed E-state index contributed by atoms with van der Waals surface area (Å²) >= 11 is 0. The van der Waals surface area contributed by atoms with Crippen LogP contribution in [0.1, 0.15) is 48.8 Å². The first kappa shape index (κ1) is 17.7. The molecule has 7 heteroatoms. The van der Waals surface area contributed by atoms with Crippen molar-refractivity contribution in [3.8, 4) is 0 Å². The molecule has 1 N–H and O–H groups in total. The van der Waals surface area contributed by atoms with Gasteiger partial charge in [-0.25, -0.2) is 0 Å². The van der Waals surface area contributed by atoms with Gasteiger partial charge in [-0.1, -0.05) is 26.0 Å². The van der Waals surface area contributed by atoms with Crippen LogP contribution in [-0.4, -0.2) is 46.1 Å². The highest BCUT2D eigenvalue weighted by molar-refractivity contribution is 6.17. The van der Waals surface area contributed by atoms with Crippen LogP contribution in [0.5, 0.6) is 0 Å². The first-order valence-electron chi connectivity index (χ1n) is 9.50. The number of rotatable bonds is 3. The van der Waals surface area contributed by atoms with Crippen LogP contribution in [0.2, 0.25) is 0 Å². The third kappa shape index (κ3) is 3.02. The van der Waals surface area contributed by atoms with E-state index in [2.05, 4.69) is 15.3 Å². The molecular weight excluding hydrogens is 342 g/mol. The number of aryl methyl sites for hydroxylation is 1. The molecule has 0 bridgehead atoms. The second kappa shape index (κ2) is 6.81. The van der Waals surface area contributed by atoms with Gasteiger partial charge < -0.3 is 5.32 Å². The Morgan fingerprint density at radius 1 is 1.22 bits per heavy atom. The molecule has 1 fully saturated rings. The number of aromatic nitrogens is 2. The average Bonchev–Trinajstić information content (AvgIpc) is 3.21. The quantitative estimate of drug-likeness (QED) is 0.906. The first-order chi connectivity index (χ1) is 13.0. The normalized spacial score (nSPS) is 16.9. The van der Waals surface area contributed by atoms with E-state index in [1.807, 2.05) is 38.1 Å². The summed E-state index contributed by atoms with van der Waals surface area (Å²) in [6.07, 6.45) is 2.25. The number of benzene rings is 1. The molecule has 1 aromatic carbocycles. The van der Waals surface area contributed by atoms with Crippen LogP contribution in [-0.2, 0) is 11.8 Å². The van der Waals surface area contributed by atoms with Crippen molar-refractivity contribution in [2.45, 2.75) is 32.6 Å². The predicted molar refractivity (Wildman–Crippen MR) is 105 cm³/mol. The van der Waals surface area contributed by atoms with Gasteiger partial charge in [-0.05, 0) is 44.0 Å². The zero-order chi connectivity index (χ0) is 19.1. The van der Waals surface area contributed by atoms with E-state index in [0.29, 0.717) is 29.3 Å². The van der Waals surface area contributed by atoms with Crippen molar-refractivity contribution in [3.05, 3.63) is 35.7 Å². The van der Waals surface area contributed by atoms with Crippen LogP contribution in [0.25, 0.3) is 0 Å². The molecule has 0 saturated carbocycles. The number of nitrogens with one attached hydrogen (secondary N) is 1. The molecule has 1 saturated heterocycles. The van der Waals surface area contributed by atoms with E-state index in [0.717, 1.165) is 31.6 Å². The number of carbonyl (C=O) groups is 2. The van der Waals surface area contributed by atoms with E-state index in [-0.39, 0.29) is 17.7 Å². The SMILES string of the molecule is CC(C)c1nn(C)c2c1N(C(=O)CN1CCCC1)c1ccccc1NC2=O. The van der Waals surface area contributed by atoms with Crippen LogP contribution in [0.15, 0.2) is 24.3 Å². The molecule has 4 rings (SSSR count). The van der Waals surface area contributed by atoms with E-state index < -0.39 is 0 Å². The minimum Gasteiger partial charge on any atom is -0.319 e. The third-order valence-electron chi connectivity index (χ3n) is 5.23. The summed E-state index contributed by atoms with van der Waals surface area (Å²) in [6.45, 7) is 6.28. The summed E-state index contributed by atoms with van der Waals surface area (Å²) in [5.41, 5.74) is 3.13. The lowest BCUT2D eigenvalue weighted by Crippen LogP contribution is -2.37. The Labute approximate surface area is 158 Å². The monoisotopic (exact) mass is 367 g/mol. The lowest BCUT2D eigenvalue weighted by Gasteiger charge is -2.26. The lowest BCUT2D eigenvalue weighted by molar-refractivity contribution is -0.118. The Morgan fingerprint density at radius 3 is 2.63 bits per heavy atom. The second-order valence-electron chi connectivity index (χ2n) is 7.54. The third-order valence-corrected chi connectivity index (χ3v) is 5.23. The van der Waals surface area contributed by atoms with Crippen molar-refractivity contribution < 1.29 is 9.59 Å². The first-order valence-corrected chi connectivity index (χ1v) is 9.50. The maximum atomic E-state index is 13.4. The minimum absolute atomic E-state index is 0.0306. The van der Waals surface area contributed by atoms with Gasteiger partial charge in [-0.3, -0.25) is 24.1 Å². The van der Waals surface area contributed by atoms with Gasteiger partial charge >= 0.3 is 0 Å². The van der Waals surface area contributed by atoms with Gasteiger partial charge in [-0.2, -0.15) is 5.10 Å².